The number of nitrogens with zero attached hydrogens (tertiary/aromatic N) is 2. The van der Waals surface area contributed by atoms with E-state index < -0.39 is 0 Å². The molecular weight excluding hydrogens is 340 g/mol. The lowest BCUT2D eigenvalue weighted by molar-refractivity contribution is 0.220. The van der Waals surface area contributed by atoms with Crippen LogP contribution in [-0.4, -0.2) is 30.3 Å². The van der Waals surface area contributed by atoms with E-state index in [0.717, 1.165) is 67.5 Å². The van der Waals surface area contributed by atoms with E-state index in [2.05, 4.69) is 17.1 Å². The number of rotatable bonds is 11. The van der Waals surface area contributed by atoms with Crippen LogP contribution < -0.4 is 4.74 Å². The number of hydrogen-bond acceptors (Lipinski definition) is 5. The normalized spacial score (nSPS) is 16.2. The molecule has 0 saturated carbocycles. The van der Waals surface area contributed by atoms with Crippen LogP contribution in [0.2, 0.25) is 0 Å². The van der Waals surface area contributed by atoms with Crippen LogP contribution >= 0.6 is 0 Å². The fourth-order valence-electron chi connectivity index (χ4n) is 3.14. The van der Waals surface area contributed by atoms with Crippen LogP contribution in [0.3, 0.4) is 0 Å². The Kier molecular flexibility index (Phi) is 7.31. The monoisotopic (exact) mass is 370 g/mol. The van der Waals surface area contributed by atoms with E-state index in [9.17, 15) is 0 Å². The number of hydrogen-bond donors (Lipinski definition) is 0. The van der Waals surface area contributed by atoms with E-state index in [4.69, 9.17) is 14.0 Å². The van der Waals surface area contributed by atoms with Crippen molar-refractivity contribution < 1.29 is 14.0 Å². The number of aryl methyl sites for hydroxylation is 2. The molecule has 5 nitrogen and oxygen atoms in total. The average molecular weight is 370 g/mol. The Hall–Kier alpha value is -2.30. The second-order valence-electron chi connectivity index (χ2n) is 7.12. The summed E-state index contributed by atoms with van der Waals surface area (Å²) in [7, 11) is 0. The summed E-state index contributed by atoms with van der Waals surface area (Å²) < 4.78 is 16.9. The summed E-state index contributed by atoms with van der Waals surface area (Å²) >= 11 is 0. The van der Waals surface area contributed by atoms with Crippen molar-refractivity contribution in [1.29, 1.82) is 0 Å². The van der Waals surface area contributed by atoms with E-state index in [1.54, 1.807) is 0 Å². The molecule has 0 N–H and O–H groups in total. The third-order valence-electron chi connectivity index (χ3n) is 4.79. The van der Waals surface area contributed by atoms with Gasteiger partial charge in [-0.15, -0.1) is 0 Å². The molecule has 0 spiro atoms. The van der Waals surface area contributed by atoms with Crippen molar-refractivity contribution in [2.24, 2.45) is 4.99 Å². The highest BCUT2D eigenvalue weighted by Gasteiger charge is 2.18. The van der Waals surface area contributed by atoms with E-state index in [1.165, 1.54) is 19.3 Å². The van der Waals surface area contributed by atoms with Gasteiger partial charge in [0.2, 0.25) is 5.90 Å². The van der Waals surface area contributed by atoms with Crippen molar-refractivity contribution >= 4 is 5.90 Å². The molecule has 0 amide bonds. The fourth-order valence-corrected chi connectivity index (χ4v) is 3.14. The second-order valence-corrected chi connectivity index (χ2v) is 7.12. The molecule has 5 heteroatoms. The molecule has 0 bridgehead atoms. The van der Waals surface area contributed by atoms with Gasteiger partial charge in [0.25, 0.3) is 0 Å². The number of aromatic nitrogens is 1. The molecule has 1 aromatic carbocycles. The quantitative estimate of drug-likeness (QED) is 0.516. The van der Waals surface area contributed by atoms with Crippen molar-refractivity contribution in [3.8, 4) is 5.75 Å². The molecule has 27 heavy (non-hydrogen) atoms. The predicted octanol–water partition coefficient (Wildman–Crippen LogP) is 5.11. The third kappa shape index (κ3) is 6.12. The SMILES string of the molecule is CC[C@@H]1CN=C(c2ccc(OCCCCCCCc3cc(C)no3)cc2)O1. The maximum Gasteiger partial charge on any atom is 0.216 e. The van der Waals surface area contributed by atoms with Crippen molar-refractivity contribution in [1.82, 2.24) is 5.16 Å². The fraction of sp³-hybridized carbons (Fsp3) is 0.545. The number of ether oxygens (including phenoxy) is 2. The Balaban J connectivity index is 1.25. The first-order chi connectivity index (χ1) is 13.2. The molecule has 1 aliphatic heterocycles. The lowest BCUT2D eigenvalue weighted by Gasteiger charge is -2.09. The highest BCUT2D eigenvalue weighted by molar-refractivity contribution is 5.95. The van der Waals surface area contributed by atoms with Crippen molar-refractivity contribution in [2.75, 3.05) is 13.2 Å². The van der Waals surface area contributed by atoms with Gasteiger partial charge in [-0.2, -0.15) is 0 Å². The zero-order valence-electron chi connectivity index (χ0n) is 16.4. The molecule has 3 rings (SSSR count). The third-order valence-corrected chi connectivity index (χ3v) is 4.79. The Labute approximate surface area is 161 Å². The van der Waals surface area contributed by atoms with Gasteiger partial charge < -0.3 is 14.0 Å². The lowest BCUT2D eigenvalue weighted by atomic mass is 10.1. The van der Waals surface area contributed by atoms with Crippen LogP contribution in [0.15, 0.2) is 39.8 Å². The minimum Gasteiger partial charge on any atom is -0.494 e. The highest BCUT2D eigenvalue weighted by Crippen LogP contribution is 2.18. The molecule has 1 aliphatic rings. The Bertz CT molecular complexity index is 721. The van der Waals surface area contributed by atoms with Crippen LogP contribution in [-0.2, 0) is 11.2 Å². The summed E-state index contributed by atoms with van der Waals surface area (Å²) in [5.74, 6) is 2.66. The molecule has 2 heterocycles. The maximum absolute atomic E-state index is 5.84. The summed E-state index contributed by atoms with van der Waals surface area (Å²) in [5.41, 5.74) is 1.99. The number of benzene rings is 1. The van der Waals surface area contributed by atoms with Gasteiger partial charge in [0.15, 0.2) is 0 Å². The molecule has 0 fully saturated rings. The molecule has 0 radical (unpaired) electrons. The molecular formula is C22H30N2O3. The van der Waals surface area contributed by atoms with E-state index in [1.807, 2.05) is 37.3 Å². The summed E-state index contributed by atoms with van der Waals surface area (Å²) in [5, 5.41) is 3.91. The summed E-state index contributed by atoms with van der Waals surface area (Å²) in [6, 6.07) is 10.1. The zero-order valence-corrected chi connectivity index (χ0v) is 16.4. The Morgan fingerprint density at radius 1 is 1.07 bits per heavy atom. The molecule has 0 saturated heterocycles. The topological polar surface area (TPSA) is 56.9 Å². The van der Waals surface area contributed by atoms with Gasteiger partial charge >= 0.3 is 0 Å². The van der Waals surface area contributed by atoms with Crippen molar-refractivity contribution in [3.05, 3.63) is 47.3 Å². The maximum atomic E-state index is 5.84. The van der Waals surface area contributed by atoms with E-state index >= 15 is 0 Å². The van der Waals surface area contributed by atoms with Crippen LogP contribution in [0.25, 0.3) is 0 Å². The van der Waals surface area contributed by atoms with Gasteiger partial charge in [0, 0.05) is 18.1 Å². The standard InChI is InChI=1S/C22H30N2O3/c1-3-19-16-23-22(26-19)18-10-12-20(13-11-18)25-14-8-6-4-5-7-9-21-15-17(2)24-27-21/h10-13,15,19H,3-9,14,16H2,1-2H3/t19-/m1/s1. The minimum absolute atomic E-state index is 0.232. The van der Waals surface area contributed by atoms with Crippen LogP contribution in [0.5, 0.6) is 5.75 Å². The smallest absolute Gasteiger partial charge is 0.216 e. The van der Waals surface area contributed by atoms with E-state index in [0.29, 0.717) is 0 Å². The summed E-state index contributed by atoms with van der Waals surface area (Å²) in [6.45, 7) is 5.61. The van der Waals surface area contributed by atoms with Gasteiger partial charge in [-0.1, -0.05) is 31.3 Å². The number of unbranched alkanes of at least 4 members (excludes halogenated alkanes) is 4. The van der Waals surface area contributed by atoms with Gasteiger partial charge in [-0.05, 0) is 50.5 Å². The zero-order chi connectivity index (χ0) is 18.9. The molecule has 0 unspecified atom stereocenters. The first kappa shape index (κ1) is 19.5. The van der Waals surface area contributed by atoms with Gasteiger partial charge in [0.05, 0.1) is 18.8 Å². The van der Waals surface area contributed by atoms with Crippen LogP contribution in [0.4, 0.5) is 0 Å². The van der Waals surface area contributed by atoms with Crippen molar-refractivity contribution in [3.63, 3.8) is 0 Å². The summed E-state index contributed by atoms with van der Waals surface area (Å²) in [6.07, 6.45) is 8.08. The van der Waals surface area contributed by atoms with Crippen LogP contribution in [0, 0.1) is 6.92 Å². The largest absolute Gasteiger partial charge is 0.494 e. The Morgan fingerprint density at radius 2 is 1.85 bits per heavy atom. The molecule has 1 aromatic heterocycles. The van der Waals surface area contributed by atoms with Gasteiger partial charge in [-0.25, -0.2) is 4.99 Å². The minimum atomic E-state index is 0.232. The first-order valence-corrected chi connectivity index (χ1v) is 10.1. The van der Waals surface area contributed by atoms with Gasteiger partial charge in [0.1, 0.15) is 17.6 Å². The summed E-state index contributed by atoms with van der Waals surface area (Å²) in [4.78, 5) is 4.46. The van der Waals surface area contributed by atoms with Crippen LogP contribution in [0.1, 0.15) is 62.5 Å². The first-order valence-electron chi connectivity index (χ1n) is 10.1. The van der Waals surface area contributed by atoms with E-state index in [-0.39, 0.29) is 6.10 Å². The van der Waals surface area contributed by atoms with Gasteiger partial charge in [-0.3, -0.25) is 0 Å². The average Bonchev–Trinajstić information content (AvgIpc) is 3.33. The van der Waals surface area contributed by atoms with Crippen molar-refractivity contribution in [2.45, 2.75) is 64.9 Å². The molecule has 0 aliphatic carbocycles. The molecule has 1 atom stereocenters. The number of aliphatic imine (C=N–C) groups is 1. The predicted molar refractivity (Wildman–Crippen MR) is 107 cm³/mol. The molecule has 146 valence electrons. The second kappa shape index (κ2) is 10.1. The lowest BCUT2D eigenvalue weighted by Crippen LogP contribution is -2.11. The highest BCUT2D eigenvalue weighted by atomic mass is 16.5. The Morgan fingerprint density at radius 3 is 2.56 bits per heavy atom. The molecule has 2 aromatic rings.